The second-order valence-corrected chi connectivity index (χ2v) is 0. The van der Waals surface area contributed by atoms with Crippen molar-refractivity contribution in [3.05, 3.63) is 9.93 Å². The van der Waals surface area contributed by atoms with Crippen LogP contribution in [0.5, 0.6) is 0 Å². The zero-order valence-corrected chi connectivity index (χ0v) is 4.78. The van der Waals surface area contributed by atoms with E-state index in [9.17, 15) is 0 Å². The van der Waals surface area contributed by atoms with E-state index in [4.69, 9.17) is 9.93 Å². The molecule has 0 saturated carbocycles. The second-order valence-electron chi connectivity index (χ2n) is 0. The zero-order chi connectivity index (χ0) is 2.00. The number of rotatable bonds is 0. The first-order chi connectivity index (χ1) is 1.00. The van der Waals surface area contributed by atoms with Gasteiger partial charge >= 0.3 is 0 Å². The Bertz CT molecular complexity index is 6.00. The summed E-state index contributed by atoms with van der Waals surface area (Å²) in [5, 5.41) is 0. The van der Waals surface area contributed by atoms with E-state index in [1.807, 2.05) is 0 Å². The van der Waals surface area contributed by atoms with Crippen molar-refractivity contribution in [2.24, 2.45) is 0 Å². The van der Waals surface area contributed by atoms with Crippen LogP contribution in [-0.4, -0.2) is 0 Å². The van der Waals surface area contributed by atoms with Crippen LogP contribution < -0.4 is 0 Å². The van der Waals surface area contributed by atoms with E-state index in [-0.39, 0.29) is 28.5 Å². The first-order valence-corrected chi connectivity index (χ1v) is 0.167. The van der Waals surface area contributed by atoms with Gasteiger partial charge in [0.2, 0.25) is 0 Å². The largest absolute Gasteiger partial charge is 0.153 e. The minimum atomic E-state index is 0. The van der Waals surface area contributed by atoms with Gasteiger partial charge in [-0.05, 0) is 0 Å². The summed E-state index contributed by atoms with van der Waals surface area (Å²) in [4.78, 5) is 14.0. The summed E-state index contributed by atoms with van der Waals surface area (Å²) >= 11 is 0. The van der Waals surface area contributed by atoms with E-state index in [2.05, 4.69) is 0 Å². The fraction of sp³-hybridized carbons (Fsp3) is 0. The molecule has 1 atom stereocenters. The fourth-order valence-electron chi connectivity index (χ4n) is 0. The van der Waals surface area contributed by atoms with Gasteiger partial charge in [-0.1, -0.05) is 0 Å². The van der Waals surface area contributed by atoms with Gasteiger partial charge in [0, 0.05) is 28.5 Å². The normalized spacial score (nSPS) is 1.00. The predicted molar refractivity (Wildman–Crippen MR) is 17.8 cm³/mol. The van der Waals surface area contributed by atoms with E-state index in [0.29, 0.717) is 0 Å². The minimum absolute atomic E-state index is 0. The van der Waals surface area contributed by atoms with Crippen LogP contribution in [0.3, 0.4) is 0 Å². The Morgan fingerprint density at radius 2 is 1.00 bits per heavy atom. The van der Waals surface area contributed by atoms with E-state index in [0.717, 1.165) is 0 Å². The molecule has 1 radical (unpaired) electrons. The Balaban J connectivity index is -0.00000000500. The maximum Gasteiger partial charge on any atom is 0 e. The number of hydrogen-bond acceptors (Lipinski definition) is 2. The topological polar surface area (TPSA) is 34.1 Å². The third-order valence-corrected chi connectivity index (χ3v) is 0. The molecule has 0 fully saturated rings. The summed E-state index contributed by atoms with van der Waals surface area (Å²) in [7, 11) is 0. The summed E-state index contributed by atoms with van der Waals surface area (Å²) < 4.78 is 0. The van der Waals surface area contributed by atoms with Gasteiger partial charge in [-0.2, -0.15) is 9.90 Å². The first kappa shape index (κ1) is 23.1. The molecule has 0 heterocycles. The molecule has 0 saturated heterocycles. The van der Waals surface area contributed by atoms with Gasteiger partial charge in [0.1, 0.15) is 0 Å². The van der Waals surface area contributed by atoms with Crippen molar-refractivity contribution in [1.29, 1.82) is 0 Å². The van der Waals surface area contributed by atoms with E-state index in [1.54, 1.807) is 0 Å². The summed E-state index contributed by atoms with van der Waals surface area (Å²) in [5.74, 6) is 0. The molecule has 0 rings (SSSR count). The van der Waals surface area contributed by atoms with Crippen molar-refractivity contribution >= 4 is 9.90 Å². The molecule has 0 aromatic carbocycles. The Hall–Kier alpha value is 0.614. The zero-order valence-electron chi connectivity index (χ0n) is 1.97. The predicted octanol–water partition coefficient (Wildman–Crippen LogP) is 0.123. The monoisotopic (exact) mass is 117 g/mol. The molecule has 0 aromatic rings. The summed E-state index contributed by atoms with van der Waals surface area (Å²) in [5.41, 5.74) is 0. The quantitative estimate of drug-likeness (QED) is 0.422. The van der Waals surface area contributed by atoms with Gasteiger partial charge < -0.3 is 0 Å². The number of hydrogen-bond donors (Lipinski definition) is 0. The van der Waals surface area contributed by atoms with Crippen LogP contribution >= 0.6 is 9.90 Å². The van der Waals surface area contributed by atoms with Crippen LogP contribution in [0, 0.1) is 9.93 Å². The Labute approximate surface area is 39.1 Å². The van der Waals surface area contributed by atoms with Gasteiger partial charge in [-0.15, -0.1) is 0 Å². The van der Waals surface area contributed by atoms with E-state index >= 15 is 0 Å². The third kappa shape index (κ3) is 18.1. The Morgan fingerprint density at radius 3 is 1.00 bits per heavy atom. The van der Waals surface area contributed by atoms with Crippen LogP contribution in [0.1, 0.15) is 0 Å². The molecule has 0 aliphatic heterocycles. The molecular formula is H3O2PV. The molecule has 1 unspecified atom stereocenters. The van der Waals surface area contributed by atoms with Crippen LogP contribution in [0.25, 0.3) is 0 Å². The van der Waals surface area contributed by atoms with Gasteiger partial charge in [0.15, 0.2) is 0 Å². The van der Waals surface area contributed by atoms with Crippen molar-refractivity contribution in [3.63, 3.8) is 0 Å². The van der Waals surface area contributed by atoms with Crippen molar-refractivity contribution < 1.29 is 18.6 Å². The molecular weight excluding hydrogens is 114 g/mol. The molecule has 4 heteroatoms. The van der Waals surface area contributed by atoms with Crippen molar-refractivity contribution in [2.75, 3.05) is 0 Å². The Morgan fingerprint density at radius 1 is 1.00 bits per heavy atom. The second kappa shape index (κ2) is 65.4. The van der Waals surface area contributed by atoms with Gasteiger partial charge in [0.25, 0.3) is 0 Å². The van der Waals surface area contributed by atoms with Crippen LogP contribution in [0.15, 0.2) is 0 Å². The van der Waals surface area contributed by atoms with Crippen LogP contribution in [-0.2, 0) is 18.6 Å². The molecule has 0 aliphatic carbocycles. The Kier molecular flexibility index (Phi) is 378. The van der Waals surface area contributed by atoms with Crippen molar-refractivity contribution in [3.8, 4) is 0 Å². The fourth-order valence-corrected chi connectivity index (χ4v) is 0. The SMILES string of the molecule is O=O.P.[V]. The molecule has 25 valence electrons. The average Bonchev–Trinajstić information content (AvgIpc) is 1.00. The molecule has 0 spiro atoms. The van der Waals surface area contributed by atoms with Gasteiger partial charge in [-0.25, -0.2) is 0 Å². The van der Waals surface area contributed by atoms with Gasteiger partial charge in [-0.3, -0.25) is 0 Å². The van der Waals surface area contributed by atoms with E-state index < -0.39 is 0 Å². The standard InChI is InChI=1S/O2.H3P.V/c1-2;;/h;1H3;. The van der Waals surface area contributed by atoms with E-state index in [1.165, 1.54) is 0 Å². The average molecular weight is 117 g/mol. The smallest absolute Gasteiger partial charge is 0 e. The van der Waals surface area contributed by atoms with Crippen molar-refractivity contribution in [1.82, 2.24) is 0 Å². The molecule has 0 N–H and O–H groups in total. The third-order valence-electron chi connectivity index (χ3n) is 0. The molecule has 4 heavy (non-hydrogen) atoms. The summed E-state index contributed by atoms with van der Waals surface area (Å²) in [6.45, 7) is 0. The minimum Gasteiger partial charge on any atom is -0.153 e. The molecule has 0 amide bonds. The first-order valence-electron chi connectivity index (χ1n) is 0.167. The maximum absolute atomic E-state index is 7.00. The van der Waals surface area contributed by atoms with Crippen molar-refractivity contribution in [2.45, 2.75) is 0 Å². The molecule has 2 nitrogen and oxygen atoms in total. The molecule has 0 bridgehead atoms. The van der Waals surface area contributed by atoms with Crippen LogP contribution in [0.2, 0.25) is 0 Å². The molecule has 0 aliphatic rings. The van der Waals surface area contributed by atoms with Crippen LogP contribution in [0.4, 0.5) is 0 Å². The van der Waals surface area contributed by atoms with Gasteiger partial charge in [0.05, 0.1) is 0 Å². The molecule has 0 aromatic heterocycles. The summed E-state index contributed by atoms with van der Waals surface area (Å²) in [6, 6.07) is 0. The summed E-state index contributed by atoms with van der Waals surface area (Å²) in [6.07, 6.45) is 0. The maximum atomic E-state index is 7.00.